The van der Waals surface area contributed by atoms with Crippen LogP contribution in [-0.2, 0) is 4.74 Å². The molecule has 1 saturated heterocycles. The van der Waals surface area contributed by atoms with Crippen LogP contribution in [0.4, 0.5) is 10.6 Å². The minimum absolute atomic E-state index is 0.0979. The molecule has 4 rings (SSSR count). The summed E-state index contributed by atoms with van der Waals surface area (Å²) < 4.78 is 5.61. The van der Waals surface area contributed by atoms with Gasteiger partial charge < -0.3 is 10.1 Å². The van der Waals surface area contributed by atoms with Crippen molar-refractivity contribution in [1.29, 1.82) is 0 Å². The third kappa shape index (κ3) is 3.80. The van der Waals surface area contributed by atoms with E-state index >= 15 is 0 Å². The molecule has 0 radical (unpaired) electrons. The van der Waals surface area contributed by atoms with E-state index in [1.807, 2.05) is 12.1 Å². The van der Waals surface area contributed by atoms with Crippen molar-refractivity contribution in [2.45, 2.75) is 25.4 Å². The van der Waals surface area contributed by atoms with Gasteiger partial charge in [0.25, 0.3) is 0 Å². The van der Waals surface area contributed by atoms with E-state index in [2.05, 4.69) is 30.8 Å². The Hall–Kier alpha value is -3.00. The highest BCUT2D eigenvalue weighted by molar-refractivity contribution is 5.90. The number of H-pyrrole nitrogens is 1. The first-order valence-electron chi connectivity index (χ1n) is 8.70. The molecule has 1 aliphatic rings. The average molecular weight is 352 g/mol. The maximum Gasteiger partial charge on any atom is 0.320 e. The Bertz CT molecular complexity index is 890. The molecule has 134 valence electrons. The van der Waals surface area contributed by atoms with E-state index in [0.717, 1.165) is 42.5 Å². The van der Waals surface area contributed by atoms with Crippen molar-refractivity contribution in [3.63, 3.8) is 0 Å². The third-order valence-corrected chi connectivity index (χ3v) is 4.37. The smallest absolute Gasteiger partial charge is 0.320 e. The van der Waals surface area contributed by atoms with Gasteiger partial charge in [0.05, 0.1) is 23.3 Å². The van der Waals surface area contributed by atoms with E-state index in [1.165, 1.54) is 0 Å². The molecular weight excluding hydrogens is 332 g/mol. The molecule has 1 fully saturated rings. The minimum atomic E-state index is -0.287. The highest BCUT2D eigenvalue weighted by Crippen LogP contribution is 2.21. The number of aromatic nitrogens is 4. The molecule has 1 unspecified atom stereocenters. The van der Waals surface area contributed by atoms with Crippen LogP contribution < -0.4 is 10.6 Å². The van der Waals surface area contributed by atoms with Crippen LogP contribution in [0.2, 0.25) is 0 Å². The summed E-state index contributed by atoms with van der Waals surface area (Å²) in [4.78, 5) is 21.0. The normalized spacial score (nSPS) is 17.2. The fourth-order valence-electron chi connectivity index (χ4n) is 2.98. The van der Waals surface area contributed by atoms with Gasteiger partial charge in [0.2, 0.25) is 0 Å². The Morgan fingerprint density at radius 2 is 2.19 bits per heavy atom. The molecular formula is C18H20N6O2. The Morgan fingerprint density at radius 3 is 3.00 bits per heavy atom. The summed E-state index contributed by atoms with van der Waals surface area (Å²) in [7, 11) is 0. The number of carbonyl (C=O) groups is 1. The maximum atomic E-state index is 12.1. The quantitative estimate of drug-likeness (QED) is 0.669. The predicted molar refractivity (Wildman–Crippen MR) is 97.7 cm³/mol. The van der Waals surface area contributed by atoms with E-state index in [-0.39, 0.29) is 12.1 Å². The molecule has 0 aromatic carbocycles. The Balaban J connectivity index is 1.43. The lowest BCUT2D eigenvalue weighted by Crippen LogP contribution is -2.37. The molecule has 26 heavy (non-hydrogen) atoms. The third-order valence-electron chi connectivity index (χ3n) is 4.37. The number of urea groups is 1. The molecule has 0 aliphatic carbocycles. The summed E-state index contributed by atoms with van der Waals surface area (Å²) in [6.07, 6.45) is 8.62. The van der Waals surface area contributed by atoms with Gasteiger partial charge in [-0.3, -0.25) is 15.4 Å². The lowest BCUT2D eigenvalue weighted by atomic mass is 10.1. The molecule has 3 N–H and O–H groups in total. The second-order valence-electron chi connectivity index (χ2n) is 6.27. The number of anilines is 1. The van der Waals surface area contributed by atoms with Crippen LogP contribution in [0, 0.1) is 0 Å². The number of fused-ring (bicyclic) bond motifs is 1. The minimum Gasteiger partial charge on any atom is -0.376 e. The lowest BCUT2D eigenvalue weighted by molar-refractivity contribution is 0.0187. The van der Waals surface area contributed by atoms with Crippen LogP contribution in [0.25, 0.3) is 22.2 Å². The fraction of sp³-hybridized carbons (Fsp3) is 0.333. The number of amides is 2. The largest absolute Gasteiger partial charge is 0.376 e. The first kappa shape index (κ1) is 16.5. The summed E-state index contributed by atoms with van der Waals surface area (Å²) in [5.41, 5.74) is 3.32. The van der Waals surface area contributed by atoms with E-state index in [9.17, 15) is 4.79 Å². The summed E-state index contributed by atoms with van der Waals surface area (Å²) in [6, 6.07) is 5.21. The molecule has 0 bridgehead atoms. The number of nitrogens with zero attached hydrogens (tertiary/aromatic N) is 3. The molecule has 3 aromatic rings. The predicted octanol–water partition coefficient (Wildman–Crippen LogP) is 2.71. The summed E-state index contributed by atoms with van der Waals surface area (Å²) in [5, 5.41) is 12.3. The van der Waals surface area contributed by atoms with Gasteiger partial charge in [0.15, 0.2) is 0 Å². The van der Waals surface area contributed by atoms with Crippen molar-refractivity contribution in [2.24, 2.45) is 0 Å². The monoisotopic (exact) mass is 352 g/mol. The van der Waals surface area contributed by atoms with Crippen LogP contribution in [0.1, 0.15) is 19.3 Å². The van der Waals surface area contributed by atoms with Crippen LogP contribution in [0.5, 0.6) is 0 Å². The zero-order valence-electron chi connectivity index (χ0n) is 14.2. The van der Waals surface area contributed by atoms with Gasteiger partial charge in [-0.05, 0) is 37.5 Å². The standard InChI is InChI=1S/C18H20N6O2/c25-18(20-11-14-3-1-2-6-26-14)24-17-5-4-15-16(23-17)7-12(8-19-15)13-9-21-22-10-13/h4-5,7-10,14H,1-3,6,11H2,(H,21,22)(H2,20,23,24,25). The van der Waals surface area contributed by atoms with Gasteiger partial charge in [-0.25, -0.2) is 9.78 Å². The molecule has 0 spiro atoms. The highest BCUT2D eigenvalue weighted by atomic mass is 16.5. The number of aromatic amines is 1. The van der Waals surface area contributed by atoms with Gasteiger partial charge in [0, 0.05) is 36.7 Å². The molecule has 3 aromatic heterocycles. The fourth-order valence-corrected chi connectivity index (χ4v) is 2.98. The van der Waals surface area contributed by atoms with Crippen LogP contribution in [-0.4, -0.2) is 45.5 Å². The molecule has 0 saturated carbocycles. The molecule has 1 atom stereocenters. The van der Waals surface area contributed by atoms with E-state index < -0.39 is 0 Å². The van der Waals surface area contributed by atoms with E-state index in [0.29, 0.717) is 17.9 Å². The lowest BCUT2D eigenvalue weighted by Gasteiger charge is -2.22. The van der Waals surface area contributed by atoms with Crippen molar-refractivity contribution < 1.29 is 9.53 Å². The second-order valence-corrected chi connectivity index (χ2v) is 6.27. The van der Waals surface area contributed by atoms with Crippen LogP contribution in [0.15, 0.2) is 36.8 Å². The van der Waals surface area contributed by atoms with Crippen molar-refractivity contribution in [1.82, 2.24) is 25.5 Å². The number of hydrogen-bond donors (Lipinski definition) is 3. The SMILES string of the molecule is O=C(NCC1CCCCO1)Nc1ccc2ncc(-c3cn[nH]c3)cc2n1. The molecule has 1 aliphatic heterocycles. The average Bonchev–Trinajstić information content (AvgIpc) is 3.21. The zero-order chi connectivity index (χ0) is 17.8. The zero-order valence-corrected chi connectivity index (χ0v) is 14.2. The topological polar surface area (TPSA) is 105 Å². The Morgan fingerprint density at radius 1 is 1.23 bits per heavy atom. The molecule has 8 heteroatoms. The Kier molecular flexibility index (Phi) is 4.74. The van der Waals surface area contributed by atoms with Gasteiger partial charge >= 0.3 is 6.03 Å². The number of ether oxygens (including phenoxy) is 1. The number of pyridine rings is 2. The Labute approximate surface area is 150 Å². The maximum absolute atomic E-state index is 12.1. The first-order chi connectivity index (χ1) is 12.8. The van der Waals surface area contributed by atoms with Crippen molar-refractivity contribution in [2.75, 3.05) is 18.5 Å². The van der Waals surface area contributed by atoms with Crippen LogP contribution in [0.3, 0.4) is 0 Å². The molecule has 4 heterocycles. The first-order valence-corrected chi connectivity index (χ1v) is 8.70. The second kappa shape index (κ2) is 7.49. The number of carbonyl (C=O) groups excluding carboxylic acids is 1. The summed E-state index contributed by atoms with van der Waals surface area (Å²) in [6.45, 7) is 1.28. The molecule has 8 nitrogen and oxygen atoms in total. The number of rotatable bonds is 4. The van der Waals surface area contributed by atoms with Crippen LogP contribution >= 0.6 is 0 Å². The van der Waals surface area contributed by atoms with Gasteiger partial charge in [-0.2, -0.15) is 5.10 Å². The van der Waals surface area contributed by atoms with Gasteiger partial charge in [-0.1, -0.05) is 0 Å². The van der Waals surface area contributed by atoms with Gasteiger partial charge in [0.1, 0.15) is 5.82 Å². The molecule has 2 amide bonds. The van der Waals surface area contributed by atoms with Crippen molar-refractivity contribution in [3.05, 3.63) is 36.8 Å². The number of nitrogens with one attached hydrogen (secondary N) is 3. The van der Waals surface area contributed by atoms with Crippen molar-refractivity contribution in [3.8, 4) is 11.1 Å². The van der Waals surface area contributed by atoms with E-state index in [4.69, 9.17) is 4.74 Å². The van der Waals surface area contributed by atoms with Gasteiger partial charge in [-0.15, -0.1) is 0 Å². The van der Waals surface area contributed by atoms with Crippen molar-refractivity contribution >= 4 is 22.9 Å². The summed E-state index contributed by atoms with van der Waals surface area (Å²) >= 11 is 0. The van der Waals surface area contributed by atoms with E-state index in [1.54, 1.807) is 24.7 Å². The number of hydrogen-bond acceptors (Lipinski definition) is 5. The highest BCUT2D eigenvalue weighted by Gasteiger charge is 2.15. The summed E-state index contributed by atoms with van der Waals surface area (Å²) in [5.74, 6) is 0.478.